The van der Waals surface area contributed by atoms with Crippen LogP contribution in [0.15, 0.2) is 56.8 Å². The van der Waals surface area contributed by atoms with Gasteiger partial charge in [-0.3, -0.25) is 4.79 Å². The number of aromatic amines is 2. The number of nitrogens with one attached hydrogen (secondary N) is 3. The van der Waals surface area contributed by atoms with Crippen LogP contribution >= 0.6 is 27.7 Å². The lowest BCUT2D eigenvalue weighted by molar-refractivity contribution is -0.113. The van der Waals surface area contributed by atoms with Crippen molar-refractivity contribution in [3.63, 3.8) is 0 Å². The summed E-state index contributed by atoms with van der Waals surface area (Å²) in [7, 11) is 0. The van der Waals surface area contributed by atoms with Crippen LogP contribution in [0.5, 0.6) is 0 Å². The number of fused-ring (bicyclic) bond motifs is 2. The van der Waals surface area contributed by atoms with Crippen LogP contribution in [-0.2, 0) is 4.79 Å². The number of nitrogens with zero attached hydrogens (tertiary/aromatic N) is 1. The highest BCUT2D eigenvalue weighted by molar-refractivity contribution is 9.10. The molecule has 8 heteroatoms. The molecule has 0 aliphatic carbocycles. The number of carbonyl (C=O) groups is 1. The highest BCUT2D eigenvalue weighted by atomic mass is 79.9. The van der Waals surface area contributed by atoms with E-state index in [0.717, 1.165) is 21.5 Å². The molecule has 2 heterocycles. The Morgan fingerprint density at radius 1 is 1.19 bits per heavy atom. The lowest BCUT2D eigenvalue weighted by Crippen LogP contribution is -2.14. The molecule has 136 valence electrons. The number of aromatic nitrogens is 3. The lowest BCUT2D eigenvalue weighted by Gasteiger charge is -2.09. The third kappa shape index (κ3) is 3.77. The van der Waals surface area contributed by atoms with Gasteiger partial charge in [-0.1, -0.05) is 30.0 Å². The van der Waals surface area contributed by atoms with E-state index < -0.39 is 0 Å². The van der Waals surface area contributed by atoms with Gasteiger partial charge in [0.2, 0.25) is 5.91 Å². The summed E-state index contributed by atoms with van der Waals surface area (Å²) in [5, 5.41) is 4.79. The van der Waals surface area contributed by atoms with Crippen LogP contribution in [0.2, 0.25) is 0 Å². The summed E-state index contributed by atoms with van der Waals surface area (Å²) in [6, 6.07) is 13.4. The van der Waals surface area contributed by atoms with Gasteiger partial charge in [-0.05, 0) is 52.7 Å². The predicted octanol–water partition coefficient (Wildman–Crippen LogP) is 4.21. The SMILES string of the molecule is Cc1cc(SCC(=O)Nc2cc3[nH]c(=O)[nH]c3cc2Br)nc2ccccc12. The molecule has 27 heavy (non-hydrogen) atoms. The molecule has 0 bridgehead atoms. The molecule has 6 nitrogen and oxygen atoms in total. The molecular formula is C19H15BrN4O2S. The van der Waals surface area contributed by atoms with Crippen molar-refractivity contribution in [1.82, 2.24) is 15.0 Å². The van der Waals surface area contributed by atoms with Crippen molar-refractivity contribution in [2.75, 3.05) is 11.1 Å². The number of H-pyrrole nitrogens is 2. The molecular weight excluding hydrogens is 428 g/mol. The highest BCUT2D eigenvalue weighted by Crippen LogP contribution is 2.27. The van der Waals surface area contributed by atoms with Crippen molar-refractivity contribution in [2.45, 2.75) is 11.9 Å². The van der Waals surface area contributed by atoms with E-state index in [2.05, 4.69) is 36.2 Å². The van der Waals surface area contributed by atoms with Gasteiger partial charge in [-0.25, -0.2) is 9.78 Å². The molecule has 0 saturated carbocycles. The molecule has 0 unspecified atom stereocenters. The van der Waals surface area contributed by atoms with Gasteiger partial charge in [0.05, 0.1) is 33.0 Å². The van der Waals surface area contributed by atoms with Gasteiger partial charge in [0, 0.05) is 9.86 Å². The Morgan fingerprint density at radius 3 is 2.74 bits per heavy atom. The standard InChI is InChI=1S/C19H15BrN4O2S/c1-10-6-18(22-13-5-3-2-4-11(10)13)27-9-17(25)21-14-8-16-15(7-12(14)20)23-19(26)24-16/h2-8H,9H2,1H3,(H,21,25)(H2,23,24,26). The normalized spacial score (nSPS) is 11.2. The average Bonchev–Trinajstić information content (AvgIpc) is 2.99. The summed E-state index contributed by atoms with van der Waals surface area (Å²) in [4.78, 5) is 33.7. The maximum absolute atomic E-state index is 12.4. The molecule has 4 rings (SSSR count). The Morgan fingerprint density at radius 2 is 1.93 bits per heavy atom. The second-order valence-electron chi connectivity index (χ2n) is 6.09. The molecule has 4 aromatic rings. The van der Waals surface area contributed by atoms with E-state index in [4.69, 9.17) is 0 Å². The molecule has 0 atom stereocenters. The summed E-state index contributed by atoms with van der Waals surface area (Å²) >= 11 is 4.81. The molecule has 3 N–H and O–H groups in total. The number of benzene rings is 2. The highest BCUT2D eigenvalue weighted by Gasteiger charge is 2.11. The maximum Gasteiger partial charge on any atom is 0.323 e. The first-order chi connectivity index (χ1) is 13.0. The fourth-order valence-corrected chi connectivity index (χ4v) is 4.09. The van der Waals surface area contributed by atoms with E-state index in [1.165, 1.54) is 11.8 Å². The van der Waals surface area contributed by atoms with E-state index in [1.54, 1.807) is 12.1 Å². The Hall–Kier alpha value is -2.58. The van der Waals surface area contributed by atoms with Gasteiger partial charge in [-0.15, -0.1) is 0 Å². The van der Waals surface area contributed by atoms with Gasteiger partial charge in [0.1, 0.15) is 0 Å². The number of thioether (sulfide) groups is 1. The molecule has 0 spiro atoms. The number of para-hydroxylation sites is 1. The van der Waals surface area contributed by atoms with Gasteiger partial charge >= 0.3 is 5.69 Å². The van der Waals surface area contributed by atoms with Gasteiger partial charge in [0.15, 0.2) is 0 Å². The summed E-state index contributed by atoms with van der Waals surface area (Å²) in [5.41, 5.74) is 3.69. The van der Waals surface area contributed by atoms with E-state index in [9.17, 15) is 9.59 Å². The van der Waals surface area contributed by atoms with Crippen LogP contribution in [0.25, 0.3) is 21.9 Å². The zero-order valence-corrected chi connectivity index (χ0v) is 16.7. The number of amides is 1. The van der Waals surface area contributed by atoms with Crippen LogP contribution in [-0.4, -0.2) is 26.6 Å². The number of carbonyl (C=O) groups excluding carboxylic acids is 1. The third-order valence-electron chi connectivity index (χ3n) is 4.13. The van der Waals surface area contributed by atoms with Crippen molar-refractivity contribution < 1.29 is 4.79 Å². The van der Waals surface area contributed by atoms with Crippen LogP contribution < -0.4 is 11.0 Å². The fraction of sp³-hybridized carbons (Fsp3) is 0.105. The minimum absolute atomic E-state index is 0.148. The quantitative estimate of drug-likeness (QED) is 0.413. The number of imidazole rings is 1. The molecule has 0 fully saturated rings. The number of halogens is 1. The van der Waals surface area contributed by atoms with Crippen molar-refractivity contribution >= 4 is 61.2 Å². The number of hydrogen-bond donors (Lipinski definition) is 3. The number of hydrogen-bond acceptors (Lipinski definition) is 4. The summed E-state index contributed by atoms with van der Waals surface area (Å²) < 4.78 is 0.697. The molecule has 2 aromatic heterocycles. The Labute approximate surface area is 166 Å². The molecule has 0 aliphatic rings. The Bertz CT molecular complexity index is 1230. The third-order valence-corrected chi connectivity index (χ3v) is 5.70. The van der Waals surface area contributed by atoms with E-state index in [0.29, 0.717) is 21.2 Å². The van der Waals surface area contributed by atoms with Crippen LogP contribution in [0.3, 0.4) is 0 Å². The monoisotopic (exact) mass is 442 g/mol. The number of aryl methyl sites for hydroxylation is 1. The molecule has 1 amide bonds. The zero-order valence-electron chi connectivity index (χ0n) is 14.3. The second-order valence-corrected chi connectivity index (χ2v) is 7.94. The van der Waals surface area contributed by atoms with Crippen molar-refractivity contribution in [3.8, 4) is 0 Å². The molecule has 0 radical (unpaired) electrons. The van der Waals surface area contributed by atoms with E-state index in [-0.39, 0.29) is 17.3 Å². The van der Waals surface area contributed by atoms with Gasteiger partial charge in [-0.2, -0.15) is 0 Å². The first kappa shape index (κ1) is 17.8. The van der Waals surface area contributed by atoms with Crippen LogP contribution in [0.1, 0.15) is 5.56 Å². The predicted molar refractivity (Wildman–Crippen MR) is 112 cm³/mol. The van der Waals surface area contributed by atoms with Crippen LogP contribution in [0.4, 0.5) is 5.69 Å². The molecule has 0 saturated heterocycles. The second kappa shape index (κ2) is 7.21. The minimum atomic E-state index is -0.284. The smallest absolute Gasteiger partial charge is 0.323 e. The van der Waals surface area contributed by atoms with E-state index >= 15 is 0 Å². The van der Waals surface area contributed by atoms with Crippen molar-refractivity contribution in [2.24, 2.45) is 0 Å². The van der Waals surface area contributed by atoms with Crippen molar-refractivity contribution in [1.29, 1.82) is 0 Å². The maximum atomic E-state index is 12.4. The Kier molecular flexibility index (Phi) is 4.75. The Balaban J connectivity index is 1.48. The first-order valence-electron chi connectivity index (χ1n) is 8.20. The summed E-state index contributed by atoms with van der Waals surface area (Å²) in [6.07, 6.45) is 0. The van der Waals surface area contributed by atoms with Gasteiger partial charge in [0.25, 0.3) is 0 Å². The topological polar surface area (TPSA) is 90.6 Å². The van der Waals surface area contributed by atoms with E-state index in [1.807, 2.05) is 37.3 Å². The van der Waals surface area contributed by atoms with Gasteiger partial charge < -0.3 is 15.3 Å². The van der Waals surface area contributed by atoms with Crippen LogP contribution in [0, 0.1) is 6.92 Å². The average molecular weight is 443 g/mol. The first-order valence-corrected chi connectivity index (χ1v) is 9.98. The molecule has 2 aromatic carbocycles. The summed E-state index contributed by atoms with van der Waals surface area (Å²) in [5.74, 6) is 0.0874. The fourth-order valence-electron chi connectivity index (χ4n) is 2.87. The molecule has 0 aliphatic heterocycles. The lowest BCUT2D eigenvalue weighted by atomic mass is 10.1. The zero-order chi connectivity index (χ0) is 19.0. The number of rotatable bonds is 4. The summed E-state index contributed by atoms with van der Waals surface area (Å²) in [6.45, 7) is 2.04. The minimum Gasteiger partial charge on any atom is -0.324 e. The number of anilines is 1. The largest absolute Gasteiger partial charge is 0.324 e. The number of pyridine rings is 1. The van der Waals surface area contributed by atoms with Crippen molar-refractivity contribution in [3.05, 3.63) is 63.0 Å².